The zero-order chi connectivity index (χ0) is 19.2. The average molecular weight is 367 g/mol. The van der Waals surface area contributed by atoms with Crippen LogP contribution in [0.4, 0.5) is 4.39 Å². The van der Waals surface area contributed by atoms with Gasteiger partial charge < -0.3 is 9.47 Å². The fourth-order valence-corrected chi connectivity index (χ4v) is 2.73. The first-order chi connectivity index (χ1) is 13.0. The molecule has 0 spiro atoms. The summed E-state index contributed by atoms with van der Waals surface area (Å²) in [6, 6.07) is 14.9. The van der Waals surface area contributed by atoms with Crippen LogP contribution in [0.25, 0.3) is 0 Å². The van der Waals surface area contributed by atoms with Crippen LogP contribution in [0.3, 0.4) is 0 Å². The minimum absolute atomic E-state index is 0.195. The Hall–Kier alpha value is -3.12. The Balaban J connectivity index is 1.88. The first-order valence-electron chi connectivity index (χ1n) is 8.41. The number of carbonyl (C=O) groups is 2. The van der Waals surface area contributed by atoms with Crippen molar-refractivity contribution >= 4 is 17.5 Å². The standard InChI is InChI=1S/C21H18FNO4/c1-14(24)27-20(16-7-9-17(22)10-8-16)19-21(18(25)11-12-23-19)26-13-15-5-3-2-4-6-15/h2-12,20-21H,13H2,1H3. The van der Waals surface area contributed by atoms with Crippen molar-refractivity contribution in [3.05, 3.63) is 83.8 Å². The van der Waals surface area contributed by atoms with Crippen LogP contribution in [0.2, 0.25) is 0 Å². The van der Waals surface area contributed by atoms with Crippen molar-refractivity contribution < 1.29 is 23.5 Å². The van der Waals surface area contributed by atoms with E-state index in [0.29, 0.717) is 5.56 Å². The summed E-state index contributed by atoms with van der Waals surface area (Å²) in [4.78, 5) is 28.3. The van der Waals surface area contributed by atoms with Crippen LogP contribution in [0.1, 0.15) is 24.2 Å². The third-order valence-electron chi connectivity index (χ3n) is 3.97. The van der Waals surface area contributed by atoms with Gasteiger partial charge in [-0.1, -0.05) is 42.5 Å². The number of aliphatic imine (C=N–C) groups is 1. The van der Waals surface area contributed by atoms with Crippen molar-refractivity contribution in [2.45, 2.75) is 25.7 Å². The molecular weight excluding hydrogens is 349 g/mol. The molecule has 0 N–H and O–H groups in total. The number of ether oxygens (including phenoxy) is 2. The zero-order valence-electron chi connectivity index (χ0n) is 14.7. The Bertz CT molecular complexity index is 875. The van der Waals surface area contributed by atoms with Crippen LogP contribution < -0.4 is 0 Å². The maximum Gasteiger partial charge on any atom is 0.303 e. The van der Waals surface area contributed by atoms with Crippen LogP contribution in [-0.4, -0.2) is 23.6 Å². The van der Waals surface area contributed by atoms with Gasteiger partial charge in [0.15, 0.2) is 18.0 Å². The maximum atomic E-state index is 13.3. The monoisotopic (exact) mass is 367 g/mol. The molecule has 5 nitrogen and oxygen atoms in total. The van der Waals surface area contributed by atoms with E-state index in [4.69, 9.17) is 9.47 Å². The quantitative estimate of drug-likeness (QED) is 0.733. The molecule has 1 heterocycles. The molecule has 1 aliphatic heterocycles. The van der Waals surface area contributed by atoms with Crippen molar-refractivity contribution in [3.8, 4) is 0 Å². The lowest BCUT2D eigenvalue weighted by Gasteiger charge is -2.26. The second-order valence-corrected chi connectivity index (χ2v) is 5.99. The molecule has 2 aromatic rings. The molecule has 0 radical (unpaired) electrons. The number of ketones is 1. The molecule has 0 saturated heterocycles. The molecule has 3 rings (SSSR count). The van der Waals surface area contributed by atoms with Crippen molar-refractivity contribution in [2.75, 3.05) is 0 Å². The number of esters is 1. The topological polar surface area (TPSA) is 65.0 Å². The predicted molar refractivity (Wildman–Crippen MR) is 97.5 cm³/mol. The van der Waals surface area contributed by atoms with E-state index >= 15 is 0 Å². The zero-order valence-corrected chi connectivity index (χ0v) is 14.7. The van der Waals surface area contributed by atoms with E-state index in [9.17, 15) is 14.0 Å². The van der Waals surface area contributed by atoms with Crippen LogP contribution in [0.5, 0.6) is 0 Å². The average Bonchev–Trinajstić information content (AvgIpc) is 2.66. The Morgan fingerprint density at radius 2 is 1.85 bits per heavy atom. The molecule has 0 amide bonds. The van der Waals surface area contributed by atoms with Gasteiger partial charge in [-0.15, -0.1) is 0 Å². The number of halogens is 1. The highest BCUT2D eigenvalue weighted by molar-refractivity contribution is 6.16. The van der Waals surface area contributed by atoms with Gasteiger partial charge >= 0.3 is 5.97 Å². The van der Waals surface area contributed by atoms with E-state index in [1.807, 2.05) is 30.3 Å². The van der Waals surface area contributed by atoms with Gasteiger partial charge in [0.25, 0.3) is 0 Å². The van der Waals surface area contributed by atoms with Gasteiger partial charge in [-0.2, -0.15) is 0 Å². The van der Waals surface area contributed by atoms with Crippen LogP contribution in [0, 0.1) is 5.82 Å². The summed E-state index contributed by atoms with van der Waals surface area (Å²) in [5.41, 5.74) is 1.65. The van der Waals surface area contributed by atoms with E-state index in [2.05, 4.69) is 4.99 Å². The lowest BCUT2D eigenvalue weighted by Crippen LogP contribution is -2.38. The molecule has 0 fully saturated rings. The molecule has 27 heavy (non-hydrogen) atoms. The van der Waals surface area contributed by atoms with Crippen LogP contribution in [0.15, 0.2) is 71.9 Å². The number of hydrogen-bond acceptors (Lipinski definition) is 5. The fourth-order valence-electron chi connectivity index (χ4n) is 2.73. The lowest BCUT2D eigenvalue weighted by atomic mass is 9.96. The summed E-state index contributed by atoms with van der Waals surface area (Å²) in [5.74, 6) is -1.26. The molecular formula is C21H18FNO4. The SMILES string of the molecule is CC(=O)OC(C1=NC=CC(=O)C1OCc1ccccc1)c1ccc(F)cc1. The smallest absolute Gasteiger partial charge is 0.303 e. The number of hydrogen-bond donors (Lipinski definition) is 0. The van der Waals surface area contributed by atoms with E-state index < -0.39 is 24.0 Å². The first-order valence-corrected chi connectivity index (χ1v) is 8.41. The Kier molecular flexibility index (Phi) is 5.88. The lowest BCUT2D eigenvalue weighted by molar-refractivity contribution is -0.144. The number of carbonyl (C=O) groups excluding carboxylic acids is 2. The second kappa shape index (κ2) is 8.51. The van der Waals surface area contributed by atoms with Gasteiger partial charge in [-0.3, -0.25) is 14.6 Å². The number of benzene rings is 2. The summed E-state index contributed by atoms with van der Waals surface area (Å²) in [6.45, 7) is 1.46. The maximum absolute atomic E-state index is 13.3. The van der Waals surface area contributed by atoms with E-state index in [-0.39, 0.29) is 18.1 Å². The van der Waals surface area contributed by atoms with Crippen molar-refractivity contribution in [1.29, 1.82) is 0 Å². The highest BCUT2D eigenvalue weighted by Crippen LogP contribution is 2.26. The summed E-state index contributed by atoms with van der Waals surface area (Å²) >= 11 is 0. The van der Waals surface area contributed by atoms with Crippen LogP contribution >= 0.6 is 0 Å². The van der Waals surface area contributed by atoms with Crippen molar-refractivity contribution in [2.24, 2.45) is 4.99 Å². The highest BCUT2D eigenvalue weighted by Gasteiger charge is 2.34. The third kappa shape index (κ3) is 4.74. The molecule has 2 aromatic carbocycles. The minimum atomic E-state index is -0.996. The molecule has 138 valence electrons. The largest absolute Gasteiger partial charge is 0.451 e. The predicted octanol–water partition coefficient (Wildman–Crippen LogP) is 3.55. The molecule has 0 aliphatic carbocycles. The highest BCUT2D eigenvalue weighted by atomic mass is 19.1. The minimum Gasteiger partial charge on any atom is -0.451 e. The van der Waals surface area contributed by atoms with E-state index in [1.54, 1.807) is 0 Å². The Labute approximate surface area is 156 Å². The van der Waals surface area contributed by atoms with Crippen molar-refractivity contribution in [1.82, 2.24) is 0 Å². The van der Waals surface area contributed by atoms with Crippen LogP contribution in [-0.2, 0) is 25.7 Å². The van der Waals surface area contributed by atoms with Gasteiger partial charge in [0.1, 0.15) is 5.82 Å². The number of nitrogens with zero attached hydrogens (tertiary/aromatic N) is 1. The van der Waals surface area contributed by atoms with Gasteiger partial charge in [0.05, 0.1) is 12.3 Å². The van der Waals surface area contributed by atoms with Crippen molar-refractivity contribution in [3.63, 3.8) is 0 Å². The third-order valence-corrected chi connectivity index (χ3v) is 3.97. The summed E-state index contributed by atoms with van der Waals surface area (Å²) in [5, 5.41) is 0. The van der Waals surface area contributed by atoms with Gasteiger partial charge in [0.2, 0.25) is 0 Å². The molecule has 0 aromatic heterocycles. The van der Waals surface area contributed by atoms with E-state index in [1.165, 1.54) is 43.5 Å². The Morgan fingerprint density at radius 1 is 1.15 bits per heavy atom. The van der Waals surface area contributed by atoms with Gasteiger partial charge in [-0.05, 0) is 23.3 Å². The van der Waals surface area contributed by atoms with E-state index in [0.717, 1.165) is 5.56 Å². The summed E-state index contributed by atoms with van der Waals surface area (Å²) < 4.78 is 24.5. The number of rotatable bonds is 6. The summed E-state index contributed by atoms with van der Waals surface area (Å²) in [6.07, 6.45) is 0.719. The van der Waals surface area contributed by atoms with Gasteiger partial charge in [-0.25, -0.2) is 4.39 Å². The normalized spacial score (nSPS) is 17.3. The summed E-state index contributed by atoms with van der Waals surface area (Å²) in [7, 11) is 0. The Morgan fingerprint density at radius 3 is 2.52 bits per heavy atom. The first kappa shape index (κ1) is 18.7. The second-order valence-electron chi connectivity index (χ2n) is 5.99. The molecule has 1 aliphatic rings. The fraction of sp³-hybridized carbons (Fsp3) is 0.190. The molecule has 2 atom stereocenters. The molecule has 2 unspecified atom stereocenters. The molecule has 6 heteroatoms. The molecule has 0 bridgehead atoms. The molecule has 0 saturated carbocycles. The van der Waals surface area contributed by atoms with Gasteiger partial charge in [0, 0.05) is 19.2 Å².